The van der Waals surface area contributed by atoms with E-state index in [1.54, 1.807) is 0 Å². The van der Waals surface area contributed by atoms with Crippen LogP contribution in [0.15, 0.2) is 36.4 Å². The highest BCUT2D eigenvalue weighted by Gasteiger charge is 2.22. The number of carbonyl (C=O) groups is 2. The zero-order chi connectivity index (χ0) is 19.4. The maximum atomic E-state index is 12.3. The van der Waals surface area contributed by atoms with Crippen LogP contribution in [0.4, 0.5) is 17.1 Å². The molecule has 1 amide bonds. The van der Waals surface area contributed by atoms with Crippen molar-refractivity contribution in [3.05, 3.63) is 63.2 Å². The number of hydrogen-bond acceptors (Lipinski definition) is 6. The Kier molecular flexibility index (Phi) is 5.56. The third-order valence-electron chi connectivity index (χ3n) is 3.77. The number of esters is 1. The Labute approximate surface area is 150 Å². The number of nitrogens with two attached hydrogens (primary N) is 1. The van der Waals surface area contributed by atoms with Crippen molar-refractivity contribution in [3.63, 3.8) is 0 Å². The minimum Gasteiger partial charge on any atom is -0.449 e. The summed E-state index contributed by atoms with van der Waals surface area (Å²) in [6.07, 6.45) is -1.07. The normalized spacial score (nSPS) is 11.5. The Morgan fingerprint density at radius 1 is 1.19 bits per heavy atom. The molecule has 0 spiro atoms. The Hall–Kier alpha value is -3.42. The van der Waals surface area contributed by atoms with E-state index < -0.39 is 22.9 Å². The maximum Gasteiger partial charge on any atom is 0.341 e. The maximum absolute atomic E-state index is 12.3. The molecule has 0 aromatic heterocycles. The summed E-state index contributed by atoms with van der Waals surface area (Å²) in [4.78, 5) is 34.5. The summed E-state index contributed by atoms with van der Waals surface area (Å²) in [5.74, 6) is -1.33. The number of anilines is 2. The number of hydrogen-bond donors (Lipinski definition) is 2. The molecule has 1 atom stereocenters. The second kappa shape index (κ2) is 7.64. The lowest BCUT2D eigenvalue weighted by molar-refractivity contribution is -0.384. The van der Waals surface area contributed by atoms with Gasteiger partial charge in [0.05, 0.1) is 16.2 Å². The van der Waals surface area contributed by atoms with Crippen molar-refractivity contribution in [3.8, 4) is 0 Å². The predicted octanol–water partition coefficient (Wildman–Crippen LogP) is 2.98. The van der Waals surface area contributed by atoms with Gasteiger partial charge >= 0.3 is 5.97 Å². The molecule has 8 heteroatoms. The van der Waals surface area contributed by atoms with Crippen LogP contribution in [0.1, 0.15) is 28.4 Å². The smallest absolute Gasteiger partial charge is 0.341 e. The monoisotopic (exact) mass is 357 g/mol. The lowest BCUT2D eigenvalue weighted by Crippen LogP contribution is -2.30. The SMILES string of the molecule is Cc1ccc(C)c(NC(=O)[C@@H](C)OC(=O)c2ccc([N+](=O)[O-])cc2N)c1. The second-order valence-electron chi connectivity index (χ2n) is 5.88. The molecule has 0 bridgehead atoms. The Bertz CT molecular complexity index is 879. The van der Waals surface area contributed by atoms with Gasteiger partial charge in [0, 0.05) is 17.8 Å². The van der Waals surface area contributed by atoms with E-state index in [0.717, 1.165) is 23.3 Å². The molecule has 2 aromatic carbocycles. The number of nitro benzene ring substituents is 1. The summed E-state index contributed by atoms with van der Waals surface area (Å²) in [5, 5.41) is 13.4. The van der Waals surface area contributed by atoms with Crippen LogP contribution in [0.5, 0.6) is 0 Å². The molecule has 0 heterocycles. The highest BCUT2D eigenvalue weighted by molar-refractivity contribution is 6.00. The fourth-order valence-corrected chi connectivity index (χ4v) is 2.23. The second-order valence-corrected chi connectivity index (χ2v) is 5.88. The molecule has 0 aliphatic heterocycles. The van der Waals surface area contributed by atoms with Crippen molar-refractivity contribution < 1.29 is 19.2 Å². The van der Waals surface area contributed by atoms with Crippen molar-refractivity contribution >= 4 is 28.9 Å². The highest BCUT2D eigenvalue weighted by Crippen LogP contribution is 2.21. The number of non-ortho nitro benzene ring substituents is 1. The number of carbonyl (C=O) groups excluding carboxylic acids is 2. The molecule has 26 heavy (non-hydrogen) atoms. The van der Waals surface area contributed by atoms with Crippen LogP contribution < -0.4 is 11.1 Å². The van der Waals surface area contributed by atoms with Crippen LogP contribution >= 0.6 is 0 Å². The van der Waals surface area contributed by atoms with Crippen LogP contribution in [0.2, 0.25) is 0 Å². The molecule has 2 aromatic rings. The van der Waals surface area contributed by atoms with Gasteiger partial charge in [-0.15, -0.1) is 0 Å². The number of benzene rings is 2. The first kappa shape index (κ1) is 18.9. The standard InChI is InChI=1S/C18H19N3O5/c1-10-4-5-11(2)16(8-10)20-17(22)12(3)26-18(23)14-7-6-13(21(24)25)9-15(14)19/h4-9,12H,19H2,1-3H3,(H,20,22)/t12-/m1/s1. The molecule has 2 rings (SSSR count). The lowest BCUT2D eigenvalue weighted by Gasteiger charge is -2.15. The van der Waals surface area contributed by atoms with Crippen molar-refractivity contribution in [2.24, 2.45) is 0 Å². The topological polar surface area (TPSA) is 125 Å². The van der Waals surface area contributed by atoms with Crippen LogP contribution in [0.3, 0.4) is 0 Å². The van der Waals surface area contributed by atoms with Crippen LogP contribution in [0, 0.1) is 24.0 Å². The van der Waals surface area contributed by atoms with Gasteiger partial charge in [0.25, 0.3) is 11.6 Å². The summed E-state index contributed by atoms with van der Waals surface area (Å²) in [6.45, 7) is 5.18. The summed E-state index contributed by atoms with van der Waals surface area (Å²) in [5.41, 5.74) is 7.79. The van der Waals surface area contributed by atoms with E-state index in [1.807, 2.05) is 32.0 Å². The van der Waals surface area contributed by atoms with Gasteiger partial charge in [-0.1, -0.05) is 12.1 Å². The molecule has 0 saturated carbocycles. The Morgan fingerprint density at radius 2 is 1.88 bits per heavy atom. The van der Waals surface area contributed by atoms with E-state index >= 15 is 0 Å². The number of ether oxygens (including phenoxy) is 1. The third kappa shape index (κ3) is 4.35. The van der Waals surface area contributed by atoms with Gasteiger partial charge in [-0.2, -0.15) is 0 Å². The molecule has 0 unspecified atom stereocenters. The van der Waals surface area contributed by atoms with E-state index in [9.17, 15) is 19.7 Å². The van der Waals surface area contributed by atoms with E-state index in [2.05, 4.69) is 5.32 Å². The Balaban J connectivity index is 2.07. The summed E-state index contributed by atoms with van der Waals surface area (Å²) in [7, 11) is 0. The number of nitrogens with one attached hydrogen (secondary N) is 1. The average Bonchev–Trinajstić information content (AvgIpc) is 2.57. The molecular formula is C18H19N3O5. The summed E-state index contributed by atoms with van der Waals surface area (Å²) >= 11 is 0. The van der Waals surface area contributed by atoms with E-state index in [1.165, 1.54) is 13.0 Å². The van der Waals surface area contributed by atoms with Crippen LogP contribution in [0.25, 0.3) is 0 Å². The third-order valence-corrected chi connectivity index (χ3v) is 3.77. The fraction of sp³-hybridized carbons (Fsp3) is 0.222. The van der Waals surface area contributed by atoms with Gasteiger partial charge in [-0.3, -0.25) is 14.9 Å². The lowest BCUT2D eigenvalue weighted by atomic mass is 10.1. The van der Waals surface area contributed by atoms with Crippen LogP contribution in [-0.2, 0) is 9.53 Å². The molecule has 3 N–H and O–H groups in total. The summed E-state index contributed by atoms with van der Waals surface area (Å²) in [6, 6.07) is 9.03. The van der Waals surface area contributed by atoms with Crippen molar-refractivity contribution in [1.82, 2.24) is 0 Å². The molecule has 0 saturated heterocycles. The molecule has 136 valence electrons. The van der Waals surface area contributed by atoms with E-state index in [4.69, 9.17) is 10.5 Å². The largest absolute Gasteiger partial charge is 0.449 e. The van der Waals surface area contributed by atoms with Crippen molar-refractivity contribution in [2.75, 3.05) is 11.1 Å². The number of amides is 1. The van der Waals surface area contributed by atoms with Gasteiger partial charge in [-0.25, -0.2) is 4.79 Å². The first-order valence-electron chi connectivity index (χ1n) is 7.82. The van der Waals surface area contributed by atoms with Gasteiger partial charge in [0.2, 0.25) is 0 Å². The van der Waals surface area contributed by atoms with Crippen molar-refractivity contribution in [1.29, 1.82) is 0 Å². The van der Waals surface area contributed by atoms with Gasteiger partial charge in [0.1, 0.15) is 0 Å². The zero-order valence-electron chi connectivity index (χ0n) is 14.6. The molecule has 0 aliphatic carbocycles. The molecule has 0 radical (unpaired) electrons. The van der Waals surface area contributed by atoms with E-state index in [-0.39, 0.29) is 16.9 Å². The Morgan fingerprint density at radius 3 is 2.50 bits per heavy atom. The van der Waals surface area contributed by atoms with Crippen molar-refractivity contribution in [2.45, 2.75) is 26.9 Å². The quantitative estimate of drug-likeness (QED) is 0.367. The summed E-state index contributed by atoms with van der Waals surface area (Å²) < 4.78 is 5.12. The number of aryl methyl sites for hydroxylation is 2. The first-order valence-corrected chi connectivity index (χ1v) is 7.82. The van der Waals surface area contributed by atoms with Gasteiger partial charge in [-0.05, 0) is 44.0 Å². The number of nitrogen functional groups attached to an aromatic ring is 1. The predicted molar refractivity (Wildman–Crippen MR) is 96.9 cm³/mol. The zero-order valence-corrected chi connectivity index (χ0v) is 14.6. The van der Waals surface area contributed by atoms with Crippen LogP contribution in [-0.4, -0.2) is 22.9 Å². The number of nitro groups is 1. The number of rotatable bonds is 5. The fourth-order valence-electron chi connectivity index (χ4n) is 2.23. The minimum atomic E-state index is -1.07. The average molecular weight is 357 g/mol. The van der Waals surface area contributed by atoms with E-state index in [0.29, 0.717) is 5.69 Å². The minimum absolute atomic E-state index is 0.0398. The number of nitrogens with zero attached hydrogens (tertiary/aromatic N) is 1. The molecule has 0 fully saturated rings. The molecule has 8 nitrogen and oxygen atoms in total. The van der Waals surface area contributed by atoms with Gasteiger partial charge < -0.3 is 15.8 Å². The highest BCUT2D eigenvalue weighted by atomic mass is 16.6. The molecule has 0 aliphatic rings. The first-order chi connectivity index (χ1) is 12.2. The molecular weight excluding hydrogens is 338 g/mol. The van der Waals surface area contributed by atoms with Gasteiger partial charge in [0.15, 0.2) is 6.10 Å².